The van der Waals surface area contributed by atoms with E-state index in [4.69, 9.17) is 32.9 Å². The van der Waals surface area contributed by atoms with Crippen LogP contribution in [-0.2, 0) is 20.1 Å². The van der Waals surface area contributed by atoms with Gasteiger partial charge in [-0.2, -0.15) is 0 Å². The smallest absolute Gasteiger partial charge is 0.252 e. The van der Waals surface area contributed by atoms with E-state index >= 15 is 0 Å². The Bertz CT molecular complexity index is 1150. The van der Waals surface area contributed by atoms with Gasteiger partial charge in [0.25, 0.3) is 5.91 Å². The molecule has 0 bridgehead atoms. The molecule has 0 saturated carbocycles. The van der Waals surface area contributed by atoms with Crippen molar-refractivity contribution in [3.63, 3.8) is 0 Å². The first-order valence-electron chi connectivity index (χ1n) is 10.6. The van der Waals surface area contributed by atoms with Crippen LogP contribution in [0.15, 0.2) is 35.5 Å². The van der Waals surface area contributed by atoms with E-state index in [0.717, 1.165) is 11.1 Å². The molecule has 1 saturated heterocycles. The number of carbonyl (C=O) groups is 2. The average molecular weight is 493 g/mol. The van der Waals surface area contributed by atoms with E-state index in [2.05, 4.69) is 5.16 Å². The maximum atomic E-state index is 13.8. The summed E-state index contributed by atoms with van der Waals surface area (Å²) in [6, 6.07) is 8.40. The van der Waals surface area contributed by atoms with Crippen LogP contribution in [0.4, 0.5) is 4.39 Å². The molecule has 4 rings (SSSR count). The minimum Gasteiger partial charge on any atom is -0.384 e. The second-order valence-corrected chi connectivity index (χ2v) is 9.29. The number of ketones is 1. The summed E-state index contributed by atoms with van der Waals surface area (Å²) in [5, 5.41) is 5.36. The quantitative estimate of drug-likeness (QED) is 0.396. The number of carbonyl (C=O) groups excluding carboxylic acids is 2. The Morgan fingerprint density at radius 1 is 1.27 bits per heavy atom. The van der Waals surface area contributed by atoms with E-state index in [-0.39, 0.29) is 34.8 Å². The maximum absolute atomic E-state index is 13.8. The Labute approximate surface area is 201 Å². The molecule has 1 fully saturated rings. The van der Waals surface area contributed by atoms with Gasteiger partial charge in [0, 0.05) is 30.5 Å². The van der Waals surface area contributed by atoms with Gasteiger partial charge in [-0.3, -0.25) is 14.4 Å². The highest BCUT2D eigenvalue weighted by Crippen LogP contribution is 2.39. The van der Waals surface area contributed by atoms with Crippen LogP contribution in [0.2, 0.25) is 10.0 Å². The summed E-state index contributed by atoms with van der Waals surface area (Å²) in [5.74, 6) is -1.39. The van der Waals surface area contributed by atoms with E-state index in [1.807, 2.05) is 32.9 Å². The molecule has 0 radical (unpaired) electrons. The fourth-order valence-electron chi connectivity index (χ4n) is 4.11. The van der Waals surface area contributed by atoms with Crippen molar-refractivity contribution in [1.82, 2.24) is 5.06 Å². The molecule has 0 aromatic heterocycles. The Hall–Kier alpha value is -2.48. The first-order chi connectivity index (χ1) is 15.6. The summed E-state index contributed by atoms with van der Waals surface area (Å²) < 4.78 is 13.8. The van der Waals surface area contributed by atoms with Crippen molar-refractivity contribution in [2.24, 2.45) is 11.1 Å². The molecule has 0 aliphatic carbocycles. The number of oxime groups is 1. The van der Waals surface area contributed by atoms with Crippen molar-refractivity contribution >= 4 is 40.6 Å². The highest BCUT2D eigenvalue weighted by atomic mass is 35.5. The van der Waals surface area contributed by atoms with Crippen LogP contribution in [-0.4, -0.2) is 35.6 Å². The summed E-state index contributed by atoms with van der Waals surface area (Å²) in [6.07, 6.45) is 0.516. The van der Waals surface area contributed by atoms with Gasteiger partial charge in [0.15, 0.2) is 17.2 Å². The predicted octanol–water partition coefficient (Wildman–Crippen LogP) is 5.46. The molecular formula is C24H23Cl2FN2O4. The SMILES string of the molecule is CCN1OC[C@@H](CC(=O)c2ccc(C3=NO[C@@](C)(c4cc(Cl)c(F)c(Cl)c4)C3)cc2C)C1=O. The van der Waals surface area contributed by atoms with Gasteiger partial charge in [-0.15, -0.1) is 0 Å². The number of halogens is 3. The van der Waals surface area contributed by atoms with Crippen molar-refractivity contribution in [3.8, 4) is 0 Å². The minimum absolute atomic E-state index is 0.0808. The predicted molar refractivity (Wildman–Crippen MR) is 123 cm³/mol. The molecule has 2 aliphatic rings. The largest absolute Gasteiger partial charge is 0.384 e. The zero-order valence-corrected chi connectivity index (χ0v) is 20.0. The molecule has 2 atom stereocenters. The van der Waals surface area contributed by atoms with E-state index in [1.54, 1.807) is 6.07 Å². The molecule has 2 aliphatic heterocycles. The summed E-state index contributed by atoms with van der Waals surface area (Å²) in [4.78, 5) is 36.1. The van der Waals surface area contributed by atoms with Gasteiger partial charge in [0.1, 0.15) is 0 Å². The molecule has 1 amide bonds. The Morgan fingerprint density at radius 3 is 2.58 bits per heavy atom. The van der Waals surface area contributed by atoms with Crippen molar-refractivity contribution < 1.29 is 23.7 Å². The Kier molecular flexibility index (Phi) is 6.49. The van der Waals surface area contributed by atoms with Crippen LogP contribution in [0, 0.1) is 18.7 Å². The number of Topliss-reactive ketones (excluding diaryl/α,β-unsaturated/α-hetero) is 1. The van der Waals surface area contributed by atoms with Gasteiger partial charge in [0.2, 0.25) is 0 Å². The third-order valence-corrected chi connectivity index (χ3v) is 6.61. The molecule has 2 aromatic rings. The highest BCUT2D eigenvalue weighted by Gasteiger charge is 2.38. The van der Waals surface area contributed by atoms with E-state index in [1.165, 1.54) is 17.2 Å². The van der Waals surface area contributed by atoms with Gasteiger partial charge < -0.3 is 4.84 Å². The first kappa shape index (κ1) is 23.7. The lowest BCUT2D eigenvalue weighted by Gasteiger charge is -2.22. The van der Waals surface area contributed by atoms with Crippen LogP contribution < -0.4 is 0 Å². The maximum Gasteiger partial charge on any atom is 0.252 e. The number of hydroxylamine groups is 2. The van der Waals surface area contributed by atoms with Crippen LogP contribution in [0.25, 0.3) is 0 Å². The molecule has 2 heterocycles. The zero-order chi connectivity index (χ0) is 23.9. The van der Waals surface area contributed by atoms with Gasteiger partial charge in [-0.1, -0.05) is 40.5 Å². The number of aryl methyl sites for hydroxylation is 1. The van der Waals surface area contributed by atoms with E-state index in [0.29, 0.717) is 29.8 Å². The number of rotatable bonds is 6. The number of nitrogens with zero attached hydrogens (tertiary/aromatic N) is 2. The molecule has 0 N–H and O–H groups in total. The fraction of sp³-hybridized carbons (Fsp3) is 0.375. The Morgan fingerprint density at radius 2 is 1.97 bits per heavy atom. The van der Waals surface area contributed by atoms with Crippen LogP contribution >= 0.6 is 23.2 Å². The molecule has 0 spiro atoms. The van der Waals surface area contributed by atoms with Gasteiger partial charge in [-0.25, -0.2) is 9.45 Å². The number of benzene rings is 2. The molecule has 2 aromatic carbocycles. The third-order valence-electron chi connectivity index (χ3n) is 6.06. The standard InChI is InChI=1S/C24H23Cl2FN2O4/c1-4-29-23(31)15(12-32-29)8-21(30)17-6-5-14(7-13(17)2)20-11-24(3,33-28-20)16-9-18(25)22(27)19(26)10-16/h5-7,9-10,15H,4,8,11-12H2,1-3H3/t15-,24-/m1/s1. The molecule has 6 nitrogen and oxygen atoms in total. The molecular weight excluding hydrogens is 470 g/mol. The highest BCUT2D eigenvalue weighted by molar-refractivity contribution is 6.35. The summed E-state index contributed by atoms with van der Waals surface area (Å²) in [7, 11) is 0. The van der Waals surface area contributed by atoms with Crippen molar-refractivity contribution in [3.05, 3.63) is 68.4 Å². The van der Waals surface area contributed by atoms with Crippen molar-refractivity contribution in [2.45, 2.75) is 39.2 Å². The fourth-order valence-corrected chi connectivity index (χ4v) is 4.60. The van der Waals surface area contributed by atoms with E-state index < -0.39 is 17.3 Å². The molecule has 0 unspecified atom stereocenters. The minimum atomic E-state index is -0.854. The third kappa shape index (κ3) is 4.50. The lowest BCUT2D eigenvalue weighted by atomic mass is 9.88. The topological polar surface area (TPSA) is 68.2 Å². The van der Waals surface area contributed by atoms with Crippen LogP contribution in [0.5, 0.6) is 0 Å². The Balaban J connectivity index is 1.48. The summed E-state index contributed by atoms with van der Waals surface area (Å²) >= 11 is 11.9. The summed E-state index contributed by atoms with van der Waals surface area (Å²) in [6.45, 7) is 6.17. The number of hydrogen-bond donors (Lipinski definition) is 0. The lowest BCUT2D eigenvalue weighted by Crippen LogP contribution is -2.27. The molecule has 174 valence electrons. The van der Waals surface area contributed by atoms with Crippen molar-refractivity contribution in [2.75, 3.05) is 13.2 Å². The molecule has 9 heteroatoms. The first-order valence-corrected chi connectivity index (χ1v) is 11.4. The van der Waals surface area contributed by atoms with Crippen LogP contribution in [0.1, 0.15) is 53.7 Å². The van der Waals surface area contributed by atoms with Crippen LogP contribution in [0.3, 0.4) is 0 Å². The average Bonchev–Trinajstić information content (AvgIpc) is 3.35. The van der Waals surface area contributed by atoms with Gasteiger partial charge in [0.05, 0.1) is 28.3 Å². The zero-order valence-electron chi connectivity index (χ0n) is 18.5. The monoisotopic (exact) mass is 492 g/mol. The summed E-state index contributed by atoms with van der Waals surface area (Å²) in [5.41, 5.74) is 2.60. The normalized spacial score (nSPS) is 22.5. The second kappa shape index (κ2) is 9.05. The van der Waals surface area contributed by atoms with Crippen molar-refractivity contribution in [1.29, 1.82) is 0 Å². The van der Waals surface area contributed by atoms with Gasteiger partial charge >= 0.3 is 0 Å². The number of amides is 1. The second-order valence-electron chi connectivity index (χ2n) is 8.47. The number of hydrogen-bond acceptors (Lipinski definition) is 5. The van der Waals surface area contributed by atoms with Gasteiger partial charge in [-0.05, 0) is 50.1 Å². The molecule has 33 heavy (non-hydrogen) atoms. The van der Waals surface area contributed by atoms with E-state index in [9.17, 15) is 14.0 Å². The lowest BCUT2D eigenvalue weighted by molar-refractivity contribution is -0.160.